The number of carbonyl (C=O) groups is 1. The molecule has 0 bridgehead atoms. The number of morpholine rings is 1. The largest absolute Gasteiger partial charge is 0.379 e. The second-order valence-electron chi connectivity index (χ2n) is 8.40. The summed E-state index contributed by atoms with van der Waals surface area (Å²) >= 11 is 12.3. The Hall–Kier alpha value is -2.62. The topological polar surface area (TPSA) is 79.0 Å². The molecule has 0 aromatic heterocycles. The molecule has 7 nitrogen and oxygen atoms in total. The second-order valence-corrected chi connectivity index (χ2v) is 11.1. The normalized spacial score (nSPS) is 14.4. The molecule has 0 aliphatic carbocycles. The van der Waals surface area contributed by atoms with Crippen LogP contribution in [-0.4, -0.2) is 52.1 Å². The summed E-state index contributed by atoms with van der Waals surface area (Å²) in [5.41, 5.74) is 2.27. The summed E-state index contributed by atoms with van der Waals surface area (Å²) in [5.74, 6) is -0.460. The Labute approximate surface area is 221 Å². The first-order chi connectivity index (χ1) is 17.3. The number of halogens is 2. The molecular formula is C26H27Cl2N3O4S. The van der Waals surface area contributed by atoms with Crippen LogP contribution in [0.2, 0.25) is 10.0 Å². The van der Waals surface area contributed by atoms with Gasteiger partial charge in [0, 0.05) is 31.2 Å². The number of hydrogen-bond acceptors (Lipinski definition) is 5. The molecule has 0 radical (unpaired) electrons. The standard InChI is InChI=1S/C26H27Cl2N3O4S/c27-22-10-11-25(24(28)16-22)31(36(33,34)23-4-2-1-3-5-23)19-26(32)29-17-20-6-8-21(9-7-20)18-30-12-14-35-15-13-30/h1-11,16H,12-15,17-19H2,(H,29,32). The molecule has 1 amide bonds. The van der Waals surface area contributed by atoms with Gasteiger partial charge in [-0.05, 0) is 41.5 Å². The van der Waals surface area contributed by atoms with Crippen LogP contribution in [0.3, 0.4) is 0 Å². The van der Waals surface area contributed by atoms with Gasteiger partial charge in [0.15, 0.2) is 0 Å². The number of sulfonamides is 1. The fourth-order valence-corrected chi connectivity index (χ4v) is 5.89. The van der Waals surface area contributed by atoms with Crippen LogP contribution in [0.4, 0.5) is 5.69 Å². The molecule has 1 aliphatic rings. The molecule has 0 saturated carbocycles. The van der Waals surface area contributed by atoms with Crippen LogP contribution in [0.1, 0.15) is 11.1 Å². The summed E-state index contributed by atoms with van der Waals surface area (Å²) in [4.78, 5) is 15.3. The van der Waals surface area contributed by atoms with Gasteiger partial charge in [0.25, 0.3) is 10.0 Å². The highest BCUT2D eigenvalue weighted by Gasteiger charge is 2.28. The minimum Gasteiger partial charge on any atom is -0.379 e. The molecular weight excluding hydrogens is 521 g/mol. The highest BCUT2D eigenvalue weighted by atomic mass is 35.5. The van der Waals surface area contributed by atoms with Crippen LogP contribution in [-0.2, 0) is 32.6 Å². The number of nitrogens with zero attached hydrogens (tertiary/aromatic N) is 2. The zero-order valence-electron chi connectivity index (χ0n) is 19.6. The molecule has 3 aromatic carbocycles. The fraction of sp³-hybridized carbons (Fsp3) is 0.269. The summed E-state index contributed by atoms with van der Waals surface area (Å²) in [6.45, 7) is 4.02. The first kappa shape index (κ1) is 26.4. The van der Waals surface area contributed by atoms with E-state index in [0.29, 0.717) is 5.02 Å². The van der Waals surface area contributed by atoms with E-state index in [9.17, 15) is 13.2 Å². The average molecular weight is 548 g/mol. The number of nitrogens with one attached hydrogen (secondary N) is 1. The van der Waals surface area contributed by atoms with Crippen LogP contribution in [0, 0.1) is 0 Å². The van der Waals surface area contributed by atoms with Gasteiger partial charge in [-0.3, -0.25) is 14.0 Å². The maximum absolute atomic E-state index is 13.4. The molecule has 1 N–H and O–H groups in total. The van der Waals surface area contributed by atoms with Crippen molar-refractivity contribution in [3.05, 3.63) is 94.0 Å². The van der Waals surface area contributed by atoms with E-state index in [1.807, 2.05) is 24.3 Å². The van der Waals surface area contributed by atoms with E-state index < -0.39 is 22.5 Å². The highest BCUT2D eigenvalue weighted by molar-refractivity contribution is 7.92. The molecule has 10 heteroatoms. The molecule has 190 valence electrons. The van der Waals surface area contributed by atoms with E-state index in [2.05, 4.69) is 10.2 Å². The van der Waals surface area contributed by atoms with Crippen LogP contribution < -0.4 is 9.62 Å². The number of amides is 1. The number of anilines is 1. The van der Waals surface area contributed by atoms with Crippen molar-refractivity contribution in [3.63, 3.8) is 0 Å². The van der Waals surface area contributed by atoms with Gasteiger partial charge >= 0.3 is 0 Å². The van der Waals surface area contributed by atoms with Crippen molar-refractivity contribution in [2.24, 2.45) is 0 Å². The third kappa shape index (κ3) is 6.78. The molecule has 3 aromatic rings. The third-order valence-electron chi connectivity index (χ3n) is 5.82. The molecule has 1 fully saturated rings. The van der Waals surface area contributed by atoms with Crippen LogP contribution in [0.15, 0.2) is 77.7 Å². The second kappa shape index (κ2) is 12.1. The molecule has 0 atom stereocenters. The smallest absolute Gasteiger partial charge is 0.264 e. The average Bonchev–Trinajstić information content (AvgIpc) is 2.88. The highest BCUT2D eigenvalue weighted by Crippen LogP contribution is 2.32. The van der Waals surface area contributed by atoms with E-state index in [1.165, 1.54) is 35.9 Å². The lowest BCUT2D eigenvalue weighted by Gasteiger charge is -2.26. The van der Waals surface area contributed by atoms with E-state index in [-0.39, 0.29) is 22.2 Å². The van der Waals surface area contributed by atoms with E-state index in [0.717, 1.165) is 42.7 Å². The molecule has 1 aliphatic heterocycles. The Balaban J connectivity index is 1.44. The van der Waals surface area contributed by atoms with Gasteiger partial charge in [-0.25, -0.2) is 8.42 Å². The minimum atomic E-state index is -4.06. The van der Waals surface area contributed by atoms with E-state index in [1.54, 1.807) is 18.2 Å². The van der Waals surface area contributed by atoms with Crippen molar-refractivity contribution in [1.29, 1.82) is 0 Å². The van der Waals surface area contributed by atoms with Crippen molar-refractivity contribution in [2.75, 3.05) is 37.2 Å². The monoisotopic (exact) mass is 547 g/mol. The zero-order chi connectivity index (χ0) is 25.5. The first-order valence-corrected chi connectivity index (χ1v) is 13.7. The lowest BCUT2D eigenvalue weighted by molar-refractivity contribution is -0.119. The first-order valence-electron chi connectivity index (χ1n) is 11.5. The van der Waals surface area contributed by atoms with Crippen molar-refractivity contribution in [1.82, 2.24) is 10.2 Å². The van der Waals surface area contributed by atoms with Crippen LogP contribution in [0.5, 0.6) is 0 Å². The minimum absolute atomic E-state index is 0.0553. The van der Waals surface area contributed by atoms with Gasteiger partial charge in [0.05, 0.1) is 28.8 Å². The predicted molar refractivity (Wildman–Crippen MR) is 142 cm³/mol. The summed E-state index contributed by atoms with van der Waals surface area (Å²) in [6.07, 6.45) is 0. The SMILES string of the molecule is O=C(CN(c1ccc(Cl)cc1Cl)S(=O)(=O)c1ccccc1)NCc1ccc(CN2CCOCC2)cc1. The lowest BCUT2D eigenvalue weighted by atomic mass is 10.1. The Morgan fingerprint density at radius 3 is 2.28 bits per heavy atom. The Morgan fingerprint density at radius 2 is 1.61 bits per heavy atom. The number of hydrogen-bond donors (Lipinski definition) is 1. The Kier molecular flexibility index (Phi) is 8.87. The van der Waals surface area contributed by atoms with Gasteiger partial charge < -0.3 is 10.1 Å². The maximum Gasteiger partial charge on any atom is 0.264 e. The molecule has 0 unspecified atom stereocenters. The predicted octanol–water partition coefficient (Wildman–Crippen LogP) is 4.34. The van der Waals surface area contributed by atoms with Crippen molar-refractivity contribution >= 4 is 44.8 Å². The number of carbonyl (C=O) groups excluding carboxylic acids is 1. The number of ether oxygens (including phenoxy) is 1. The maximum atomic E-state index is 13.4. The van der Waals surface area contributed by atoms with Gasteiger partial charge in [0.1, 0.15) is 6.54 Å². The van der Waals surface area contributed by atoms with Crippen molar-refractivity contribution in [3.8, 4) is 0 Å². The fourth-order valence-electron chi connectivity index (χ4n) is 3.87. The zero-order valence-corrected chi connectivity index (χ0v) is 21.9. The molecule has 36 heavy (non-hydrogen) atoms. The third-order valence-corrected chi connectivity index (χ3v) is 8.13. The Bertz CT molecular complexity index is 1280. The molecule has 0 spiro atoms. The summed E-state index contributed by atoms with van der Waals surface area (Å²) in [6, 6.07) is 20.4. The van der Waals surface area contributed by atoms with Crippen molar-refractivity contribution in [2.45, 2.75) is 18.0 Å². The van der Waals surface area contributed by atoms with E-state index >= 15 is 0 Å². The number of benzene rings is 3. The summed E-state index contributed by atoms with van der Waals surface area (Å²) in [5, 5.41) is 3.31. The summed E-state index contributed by atoms with van der Waals surface area (Å²) in [7, 11) is -4.06. The van der Waals surface area contributed by atoms with Gasteiger partial charge in [-0.2, -0.15) is 0 Å². The summed E-state index contributed by atoms with van der Waals surface area (Å²) < 4.78 is 33.2. The number of rotatable bonds is 9. The van der Waals surface area contributed by atoms with Crippen molar-refractivity contribution < 1.29 is 17.9 Å². The molecule has 1 heterocycles. The molecule has 4 rings (SSSR count). The quantitative estimate of drug-likeness (QED) is 0.431. The van der Waals surface area contributed by atoms with Gasteiger partial charge in [-0.1, -0.05) is 65.7 Å². The van der Waals surface area contributed by atoms with Crippen LogP contribution >= 0.6 is 23.2 Å². The van der Waals surface area contributed by atoms with E-state index in [4.69, 9.17) is 27.9 Å². The van der Waals surface area contributed by atoms with Gasteiger partial charge in [0.2, 0.25) is 5.91 Å². The van der Waals surface area contributed by atoms with Gasteiger partial charge in [-0.15, -0.1) is 0 Å². The Morgan fingerprint density at radius 1 is 0.944 bits per heavy atom. The lowest BCUT2D eigenvalue weighted by Crippen LogP contribution is -2.40. The molecule has 1 saturated heterocycles. The van der Waals surface area contributed by atoms with Crippen LogP contribution in [0.25, 0.3) is 0 Å².